The Morgan fingerprint density at radius 3 is 2.67 bits per heavy atom. The molecule has 70 valence electrons. The second-order valence-electron chi connectivity index (χ2n) is 4.53. The fraction of sp³-hybridized carbons (Fsp3) is 0.900. The molecule has 0 saturated heterocycles. The van der Waals surface area contributed by atoms with Gasteiger partial charge in [0.25, 0.3) is 0 Å². The lowest BCUT2D eigenvalue weighted by atomic mass is 9.72. The Labute approximate surface area is 75.0 Å². The third kappa shape index (κ3) is 2.23. The Hall–Kier alpha value is -0.530. The molecule has 0 spiro atoms. The summed E-state index contributed by atoms with van der Waals surface area (Å²) in [4.78, 5) is 4.81. The molecule has 1 aliphatic carbocycles. The molecule has 1 fully saturated rings. The molecule has 0 radical (unpaired) electrons. The molecule has 1 unspecified atom stereocenters. The minimum atomic E-state index is 0.492. The van der Waals surface area contributed by atoms with Crippen LogP contribution in [0.25, 0.3) is 0 Å². The third-order valence-corrected chi connectivity index (χ3v) is 2.69. The van der Waals surface area contributed by atoms with Gasteiger partial charge in [0.05, 0.1) is 5.71 Å². The summed E-state index contributed by atoms with van der Waals surface area (Å²) >= 11 is 0. The maximum atomic E-state index is 4.81. The van der Waals surface area contributed by atoms with Gasteiger partial charge in [-0.05, 0) is 30.6 Å². The highest BCUT2D eigenvalue weighted by atomic mass is 16.6. The van der Waals surface area contributed by atoms with Crippen LogP contribution in [0.2, 0.25) is 0 Å². The minimum Gasteiger partial charge on any atom is -0.399 e. The van der Waals surface area contributed by atoms with Gasteiger partial charge in [0, 0.05) is 0 Å². The predicted molar refractivity (Wildman–Crippen MR) is 51.2 cm³/mol. The first kappa shape index (κ1) is 9.56. The van der Waals surface area contributed by atoms with E-state index in [-0.39, 0.29) is 0 Å². The van der Waals surface area contributed by atoms with E-state index in [0.29, 0.717) is 11.3 Å². The highest BCUT2D eigenvalue weighted by molar-refractivity contribution is 5.86. The number of rotatable bonds is 1. The molecule has 0 aromatic rings. The summed E-state index contributed by atoms with van der Waals surface area (Å²) in [6, 6.07) is 0. The first-order chi connectivity index (χ1) is 5.55. The second-order valence-corrected chi connectivity index (χ2v) is 4.53. The fourth-order valence-electron chi connectivity index (χ4n) is 2.01. The van der Waals surface area contributed by atoms with Gasteiger partial charge in [-0.1, -0.05) is 25.9 Å². The van der Waals surface area contributed by atoms with Gasteiger partial charge in [0.1, 0.15) is 7.11 Å². The molecule has 2 nitrogen and oxygen atoms in total. The van der Waals surface area contributed by atoms with Crippen molar-refractivity contribution in [2.24, 2.45) is 16.5 Å². The summed E-state index contributed by atoms with van der Waals surface area (Å²) in [7, 11) is 1.62. The molecule has 0 aromatic carbocycles. The summed E-state index contributed by atoms with van der Waals surface area (Å²) < 4.78 is 0. The zero-order valence-electron chi connectivity index (χ0n) is 8.55. The average molecular weight is 169 g/mol. The minimum absolute atomic E-state index is 0.492. The molecular weight excluding hydrogens is 150 g/mol. The normalized spacial score (nSPS) is 32.0. The molecule has 1 saturated carbocycles. The average Bonchev–Trinajstić information content (AvgIpc) is 1.94. The first-order valence-electron chi connectivity index (χ1n) is 4.65. The van der Waals surface area contributed by atoms with Crippen molar-refractivity contribution in [3.05, 3.63) is 0 Å². The third-order valence-electron chi connectivity index (χ3n) is 2.69. The van der Waals surface area contributed by atoms with Crippen LogP contribution in [-0.2, 0) is 4.84 Å². The Morgan fingerprint density at radius 2 is 2.17 bits per heavy atom. The largest absolute Gasteiger partial charge is 0.399 e. The fourth-order valence-corrected chi connectivity index (χ4v) is 2.01. The Balaban J connectivity index is 2.60. The monoisotopic (exact) mass is 169 g/mol. The molecule has 12 heavy (non-hydrogen) atoms. The van der Waals surface area contributed by atoms with Gasteiger partial charge < -0.3 is 4.84 Å². The number of nitrogens with zero attached hydrogens (tertiary/aromatic N) is 1. The van der Waals surface area contributed by atoms with Crippen LogP contribution in [0.4, 0.5) is 0 Å². The molecule has 1 atom stereocenters. The lowest BCUT2D eigenvalue weighted by Crippen LogP contribution is -2.28. The van der Waals surface area contributed by atoms with Gasteiger partial charge in [0.15, 0.2) is 0 Å². The number of hydrogen-bond acceptors (Lipinski definition) is 2. The molecular formula is C10H19NO. The van der Waals surface area contributed by atoms with E-state index in [4.69, 9.17) is 4.84 Å². The van der Waals surface area contributed by atoms with E-state index in [2.05, 4.69) is 25.9 Å². The van der Waals surface area contributed by atoms with Gasteiger partial charge in [0.2, 0.25) is 0 Å². The SMILES string of the molecule is CO/N=C1\CCC(C)(C)CC1C. The van der Waals surface area contributed by atoms with Gasteiger partial charge in [-0.3, -0.25) is 0 Å². The zero-order valence-corrected chi connectivity index (χ0v) is 8.55. The van der Waals surface area contributed by atoms with E-state index in [0.717, 1.165) is 6.42 Å². The van der Waals surface area contributed by atoms with Crippen molar-refractivity contribution in [2.75, 3.05) is 7.11 Å². The highest BCUT2D eigenvalue weighted by Crippen LogP contribution is 2.36. The molecule has 0 heterocycles. The van der Waals surface area contributed by atoms with E-state index >= 15 is 0 Å². The number of hydrogen-bond donors (Lipinski definition) is 0. The van der Waals surface area contributed by atoms with Crippen molar-refractivity contribution >= 4 is 5.71 Å². The van der Waals surface area contributed by atoms with Crippen LogP contribution in [0, 0.1) is 11.3 Å². The lowest BCUT2D eigenvalue weighted by molar-refractivity contribution is 0.199. The van der Waals surface area contributed by atoms with Crippen LogP contribution in [0.15, 0.2) is 5.16 Å². The van der Waals surface area contributed by atoms with E-state index in [1.54, 1.807) is 7.11 Å². The second kappa shape index (κ2) is 3.46. The maximum Gasteiger partial charge on any atom is 0.106 e. The summed E-state index contributed by atoms with van der Waals surface area (Å²) in [6.07, 6.45) is 3.57. The van der Waals surface area contributed by atoms with Crippen LogP contribution in [-0.4, -0.2) is 12.8 Å². The van der Waals surface area contributed by atoms with Crippen LogP contribution in [0.5, 0.6) is 0 Å². The molecule has 1 aliphatic rings. The first-order valence-corrected chi connectivity index (χ1v) is 4.65. The molecule has 0 aromatic heterocycles. The van der Waals surface area contributed by atoms with Crippen molar-refractivity contribution in [3.8, 4) is 0 Å². The van der Waals surface area contributed by atoms with E-state index in [9.17, 15) is 0 Å². The smallest absolute Gasteiger partial charge is 0.106 e. The Kier molecular flexibility index (Phi) is 2.76. The van der Waals surface area contributed by atoms with Gasteiger partial charge >= 0.3 is 0 Å². The molecule has 0 amide bonds. The maximum absolute atomic E-state index is 4.81. The summed E-state index contributed by atoms with van der Waals surface area (Å²) in [5.74, 6) is 0.591. The van der Waals surface area contributed by atoms with E-state index in [1.165, 1.54) is 18.6 Å². The van der Waals surface area contributed by atoms with Crippen molar-refractivity contribution in [3.63, 3.8) is 0 Å². The standard InChI is InChI=1S/C10H19NO/c1-8-7-10(2,3)6-5-9(8)11-12-4/h8H,5-7H2,1-4H3/b11-9+. The Morgan fingerprint density at radius 1 is 1.50 bits per heavy atom. The van der Waals surface area contributed by atoms with Gasteiger partial charge in [-0.15, -0.1) is 0 Å². The summed E-state index contributed by atoms with van der Waals surface area (Å²) in [6.45, 7) is 6.89. The summed E-state index contributed by atoms with van der Waals surface area (Å²) in [5, 5.41) is 4.05. The zero-order chi connectivity index (χ0) is 9.19. The lowest BCUT2D eigenvalue weighted by Gasteiger charge is -2.34. The molecule has 0 N–H and O–H groups in total. The van der Waals surface area contributed by atoms with Crippen molar-refractivity contribution < 1.29 is 4.84 Å². The van der Waals surface area contributed by atoms with Crippen LogP contribution < -0.4 is 0 Å². The molecule has 0 aliphatic heterocycles. The topological polar surface area (TPSA) is 21.6 Å². The van der Waals surface area contributed by atoms with E-state index < -0.39 is 0 Å². The van der Waals surface area contributed by atoms with Crippen molar-refractivity contribution in [1.29, 1.82) is 0 Å². The quantitative estimate of drug-likeness (QED) is 0.553. The molecule has 1 rings (SSSR count). The highest BCUT2D eigenvalue weighted by Gasteiger charge is 2.29. The van der Waals surface area contributed by atoms with Gasteiger partial charge in [-0.25, -0.2) is 0 Å². The van der Waals surface area contributed by atoms with Crippen molar-refractivity contribution in [2.45, 2.75) is 40.0 Å². The number of oxime groups is 1. The van der Waals surface area contributed by atoms with Crippen LogP contribution in [0.1, 0.15) is 40.0 Å². The summed E-state index contributed by atoms with van der Waals surface area (Å²) in [5.41, 5.74) is 1.73. The molecule has 2 heteroatoms. The van der Waals surface area contributed by atoms with Crippen molar-refractivity contribution in [1.82, 2.24) is 0 Å². The van der Waals surface area contributed by atoms with E-state index in [1.807, 2.05) is 0 Å². The van der Waals surface area contributed by atoms with Gasteiger partial charge in [-0.2, -0.15) is 0 Å². The van der Waals surface area contributed by atoms with Crippen LogP contribution in [0.3, 0.4) is 0 Å². The predicted octanol–water partition coefficient (Wildman–Crippen LogP) is 2.84. The van der Waals surface area contributed by atoms with Crippen LogP contribution >= 0.6 is 0 Å². The Bertz CT molecular complexity index is 184. The molecule has 0 bridgehead atoms.